The molecule has 0 aliphatic carbocycles. The van der Waals surface area contributed by atoms with E-state index in [1.807, 2.05) is 73.1 Å². The number of hydrogen-bond acceptors (Lipinski definition) is 4. The smallest absolute Gasteiger partial charge is 0.121 e. The molecule has 0 saturated carbocycles. The van der Waals surface area contributed by atoms with Crippen LogP contribution in [0.25, 0.3) is 94.1 Å². The Kier molecular flexibility index (Phi) is 11.1. The van der Waals surface area contributed by atoms with Crippen LogP contribution in [0.1, 0.15) is 86.7 Å². The Morgan fingerprint density at radius 2 is 1.35 bits per heavy atom. The number of benzene rings is 8. The third-order valence-electron chi connectivity index (χ3n) is 12.4. The van der Waals surface area contributed by atoms with E-state index in [4.69, 9.17) is 13.5 Å². The van der Waals surface area contributed by atoms with Crippen molar-refractivity contribution < 1.29 is 28.6 Å². The molecule has 0 saturated heterocycles. The van der Waals surface area contributed by atoms with Crippen LogP contribution in [0.3, 0.4) is 0 Å². The Balaban J connectivity index is 0.000000296. The predicted octanol–water partition coefficient (Wildman–Crippen LogP) is 16.2. The molecule has 11 aromatic rings. The minimum Gasteiger partial charge on any atom is -0.501 e. The number of rotatable bonds is 6. The first-order valence-electron chi connectivity index (χ1n) is 23.9. The molecule has 1 radical (unpaired) electrons. The van der Waals surface area contributed by atoms with E-state index in [9.17, 15) is 0 Å². The molecule has 0 atom stereocenters. The van der Waals surface area contributed by atoms with Crippen LogP contribution < -0.4 is 0 Å². The molecule has 11 rings (SSSR count). The summed E-state index contributed by atoms with van der Waals surface area (Å²) in [7, 11) is 0. The van der Waals surface area contributed by atoms with Crippen molar-refractivity contribution in [1.82, 2.24) is 19.5 Å². The minimum absolute atomic E-state index is 0. The minimum atomic E-state index is -2.38. The third kappa shape index (κ3) is 8.14. The van der Waals surface area contributed by atoms with E-state index in [-0.39, 0.29) is 42.9 Å². The summed E-state index contributed by atoms with van der Waals surface area (Å²) in [6.45, 7) is 13.0. The molecule has 0 bridgehead atoms. The maximum atomic E-state index is 8.57. The van der Waals surface area contributed by atoms with Gasteiger partial charge in [0.25, 0.3) is 0 Å². The number of para-hydroxylation sites is 2. The van der Waals surface area contributed by atoms with Gasteiger partial charge in [-0.3, -0.25) is 15.0 Å². The van der Waals surface area contributed by atoms with E-state index in [1.165, 1.54) is 22.3 Å². The average molecular weight is 1040 g/mol. The molecule has 0 N–H and O–H groups in total. The van der Waals surface area contributed by atoms with Crippen LogP contribution in [0.4, 0.5) is 0 Å². The quantitative estimate of drug-likeness (QED) is 0.123. The van der Waals surface area contributed by atoms with Gasteiger partial charge >= 0.3 is 0 Å². The number of aromatic nitrogens is 4. The molecule has 0 aliphatic heterocycles. The van der Waals surface area contributed by atoms with E-state index in [2.05, 4.69) is 154 Å². The summed E-state index contributed by atoms with van der Waals surface area (Å²) in [5.74, 6) is 1.78. The molecular weight excluding hydrogens is 985 g/mol. The molecule has 329 valence electrons. The first-order chi connectivity index (χ1) is 32.7. The predicted molar refractivity (Wildman–Crippen MR) is 271 cm³/mol. The van der Waals surface area contributed by atoms with Crippen LogP contribution >= 0.6 is 0 Å². The molecule has 8 aromatic carbocycles. The van der Waals surface area contributed by atoms with E-state index in [0.29, 0.717) is 27.9 Å². The Bertz CT molecular complexity index is 3620. The van der Waals surface area contributed by atoms with Crippen molar-refractivity contribution in [3.8, 4) is 39.6 Å². The van der Waals surface area contributed by atoms with Gasteiger partial charge in [0.05, 0.1) is 28.3 Å². The topological polar surface area (TPSA) is 56.7 Å². The van der Waals surface area contributed by atoms with Crippen LogP contribution in [0.15, 0.2) is 162 Å². The molecule has 0 aliphatic rings. The first kappa shape index (κ1) is 40.8. The summed E-state index contributed by atoms with van der Waals surface area (Å²) in [5, 5.41) is 5.67. The Morgan fingerprint density at radius 3 is 2.05 bits per heavy atom. The number of nitrogens with zero attached hydrogens (tertiary/aromatic N) is 4. The summed E-state index contributed by atoms with van der Waals surface area (Å²) in [6, 6.07) is 55.8. The number of hydrogen-bond donors (Lipinski definition) is 0. The Morgan fingerprint density at radius 1 is 0.667 bits per heavy atom. The molecule has 5 nitrogen and oxygen atoms in total. The van der Waals surface area contributed by atoms with Crippen LogP contribution in [0.5, 0.6) is 0 Å². The molecular formula is C60H52IrN4O-2. The summed E-state index contributed by atoms with van der Waals surface area (Å²) in [5.41, 5.74) is 11.8. The maximum absolute atomic E-state index is 8.57. The fourth-order valence-corrected chi connectivity index (χ4v) is 8.91. The standard InChI is InChI=1S/C46H37N2O.C14H15N2.Ir/c1-27(2)36-24-33(30-13-7-6-8-14-30)25-37(28(3)4)44(36)48-41-18-12-11-17-40(41)47-46(48)35-22-19-29(5)43-39-23-32-21-20-31-15-9-10-16-34(31)38(32)26-42(39)49-45(35)43;1-14(2,3)12-9-15-13(16-10-12)11-7-5-4-6-8-11;/h6-21,23-28H,1-5H3;4-7,9-10H,1-3H3;/q2*-1;/i5D3;;. The molecule has 3 aromatic heterocycles. The van der Waals surface area contributed by atoms with Gasteiger partial charge < -0.3 is 8.98 Å². The molecule has 66 heavy (non-hydrogen) atoms. The summed E-state index contributed by atoms with van der Waals surface area (Å²) in [6.07, 6.45) is 3.78. The van der Waals surface area contributed by atoms with Gasteiger partial charge in [0, 0.05) is 47.7 Å². The zero-order valence-corrected chi connectivity index (χ0v) is 40.6. The Hall–Kier alpha value is -6.72. The summed E-state index contributed by atoms with van der Waals surface area (Å²) < 4.78 is 34.8. The van der Waals surface area contributed by atoms with Gasteiger partial charge in [0.1, 0.15) is 5.58 Å². The van der Waals surface area contributed by atoms with Gasteiger partial charge in [-0.15, -0.1) is 53.6 Å². The van der Waals surface area contributed by atoms with Crippen LogP contribution in [0.2, 0.25) is 0 Å². The number of imidazole rings is 1. The van der Waals surface area contributed by atoms with Crippen LogP contribution in [-0.4, -0.2) is 19.5 Å². The van der Waals surface area contributed by atoms with Gasteiger partial charge in [-0.2, -0.15) is 0 Å². The third-order valence-corrected chi connectivity index (χ3v) is 12.4. The maximum Gasteiger partial charge on any atom is 0.121 e. The average Bonchev–Trinajstić information content (AvgIpc) is 3.91. The van der Waals surface area contributed by atoms with E-state index in [0.717, 1.165) is 60.6 Å². The fraction of sp³-hybridized carbons (Fsp3) is 0.183. The Labute approximate surface area is 405 Å². The number of furan rings is 1. The fourth-order valence-electron chi connectivity index (χ4n) is 8.91. The SMILES string of the molecule is CC(C)(C)c1cnc(-c2[c-]cccc2)nc1.[2H]C([2H])([2H])c1c[c-]c(-c2nc3ccccc3n2-c2c(C(C)C)cc(-c3ccccc3)cc2C(C)C)c2oc3cc4c(ccc5ccccc54)cc3c12.[Ir]. The second kappa shape index (κ2) is 17.9. The summed E-state index contributed by atoms with van der Waals surface area (Å²) in [4.78, 5) is 14.0. The second-order valence-electron chi connectivity index (χ2n) is 18.5. The number of aryl methyl sites for hydroxylation is 1. The van der Waals surface area contributed by atoms with E-state index in [1.54, 1.807) is 6.07 Å². The molecule has 0 unspecified atom stereocenters. The van der Waals surface area contributed by atoms with Crippen molar-refractivity contribution in [2.75, 3.05) is 0 Å². The van der Waals surface area contributed by atoms with Crippen molar-refractivity contribution in [3.05, 3.63) is 192 Å². The van der Waals surface area contributed by atoms with Crippen molar-refractivity contribution in [2.45, 2.75) is 72.6 Å². The zero-order chi connectivity index (χ0) is 47.5. The molecule has 0 amide bonds. The normalized spacial score (nSPS) is 12.7. The van der Waals surface area contributed by atoms with Crippen molar-refractivity contribution >= 4 is 54.5 Å². The largest absolute Gasteiger partial charge is 0.501 e. The van der Waals surface area contributed by atoms with E-state index >= 15 is 0 Å². The van der Waals surface area contributed by atoms with Crippen LogP contribution in [-0.2, 0) is 25.5 Å². The van der Waals surface area contributed by atoms with E-state index < -0.39 is 6.85 Å². The second-order valence-corrected chi connectivity index (χ2v) is 18.5. The molecule has 0 fully saturated rings. The molecule has 6 heteroatoms. The van der Waals surface area contributed by atoms with Crippen molar-refractivity contribution in [2.24, 2.45) is 0 Å². The van der Waals surface area contributed by atoms with Crippen molar-refractivity contribution in [1.29, 1.82) is 0 Å². The van der Waals surface area contributed by atoms with Crippen molar-refractivity contribution in [3.63, 3.8) is 0 Å². The summed E-state index contributed by atoms with van der Waals surface area (Å²) >= 11 is 0. The molecule has 3 heterocycles. The number of fused-ring (bicyclic) bond motifs is 7. The van der Waals surface area contributed by atoms with Gasteiger partial charge in [-0.05, 0) is 103 Å². The monoisotopic (exact) mass is 1040 g/mol. The van der Waals surface area contributed by atoms with Gasteiger partial charge in [-0.25, -0.2) is 0 Å². The van der Waals surface area contributed by atoms with Gasteiger partial charge in [0.2, 0.25) is 0 Å². The van der Waals surface area contributed by atoms with Crippen LogP contribution in [0, 0.1) is 19.0 Å². The molecule has 0 spiro atoms. The first-order valence-corrected chi connectivity index (χ1v) is 22.4. The zero-order valence-electron chi connectivity index (χ0n) is 41.2. The van der Waals surface area contributed by atoms with Gasteiger partial charge in [0.15, 0.2) is 0 Å². The van der Waals surface area contributed by atoms with Gasteiger partial charge in [-0.1, -0.05) is 145 Å².